The van der Waals surface area contributed by atoms with Crippen molar-refractivity contribution in [1.29, 1.82) is 0 Å². The molecule has 0 saturated heterocycles. The average molecular weight is 595 g/mol. The van der Waals surface area contributed by atoms with Crippen molar-refractivity contribution < 1.29 is 14.3 Å². The van der Waals surface area contributed by atoms with E-state index in [0.717, 1.165) is 60.5 Å². The molecule has 37 heavy (non-hydrogen) atoms. The molecular formula is C29H41BrClN3O3. The lowest BCUT2D eigenvalue weighted by atomic mass is 9.73. The highest BCUT2D eigenvalue weighted by atomic mass is 79.9. The van der Waals surface area contributed by atoms with Crippen LogP contribution in [0.1, 0.15) is 60.6 Å². The predicted molar refractivity (Wildman–Crippen MR) is 154 cm³/mol. The smallest absolute Gasteiger partial charge is 0.252 e. The number of hydrogen-bond acceptors (Lipinski definition) is 6. The Kier molecular flexibility index (Phi) is 13.8. The van der Waals surface area contributed by atoms with Gasteiger partial charge in [0.2, 0.25) is 5.89 Å². The van der Waals surface area contributed by atoms with Gasteiger partial charge in [0.15, 0.2) is 5.60 Å². The molecule has 8 heteroatoms. The molecule has 1 heterocycles. The first-order valence-corrected chi connectivity index (χ1v) is 14.7. The van der Waals surface area contributed by atoms with Gasteiger partial charge in [-0.15, -0.1) is 10.2 Å². The highest BCUT2D eigenvalue weighted by molar-refractivity contribution is 9.08. The third-order valence-electron chi connectivity index (χ3n) is 6.45. The molecule has 1 N–H and O–H groups in total. The lowest BCUT2D eigenvalue weighted by Crippen LogP contribution is -2.38. The third kappa shape index (κ3) is 9.48. The summed E-state index contributed by atoms with van der Waals surface area (Å²) in [6.45, 7) is 6.08. The van der Waals surface area contributed by atoms with Crippen molar-refractivity contribution in [2.45, 2.75) is 58.2 Å². The van der Waals surface area contributed by atoms with Gasteiger partial charge in [-0.25, -0.2) is 0 Å². The molecule has 204 valence electrons. The summed E-state index contributed by atoms with van der Waals surface area (Å²) in [5, 5.41) is 20.2. The topological polar surface area (TPSA) is 71.6 Å². The number of nitrogens with zero attached hydrogens (tertiary/aromatic N) is 3. The van der Waals surface area contributed by atoms with E-state index in [1.165, 1.54) is 6.42 Å². The quantitative estimate of drug-likeness (QED) is 0.225. The molecule has 1 unspecified atom stereocenters. The number of likely N-dealkylation sites (N-methyl/N-ethyl adjacent to an activating group) is 1. The highest BCUT2D eigenvalue weighted by Gasteiger charge is 2.45. The fourth-order valence-corrected chi connectivity index (χ4v) is 4.56. The van der Waals surface area contributed by atoms with Gasteiger partial charge >= 0.3 is 0 Å². The Balaban J connectivity index is 0.000000254. The molecule has 0 radical (unpaired) electrons. The van der Waals surface area contributed by atoms with Crippen LogP contribution in [0.25, 0.3) is 0 Å². The Hall–Kier alpha value is -1.77. The minimum Gasteiger partial charge on any atom is -0.422 e. The molecule has 6 nitrogen and oxygen atoms in total. The number of ether oxygens (including phenoxy) is 1. The van der Waals surface area contributed by atoms with E-state index in [9.17, 15) is 5.11 Å². The van der Waals surface area contributed by atoms with Gasteiger partial charge in [0, 0.05) is 24.4 Å². The van der Waals surface area contributed by atoms with Crippen LogP contribution in [-0.2, 0) is 16.9 Å². The lowest BCUT2D eigenvalue weighted by molar-refractivity contribution is -0.0238. The molecule has 1 aromatic heterocycles. The number of hydrogen-bond donors (Lipinski definition) is 1. The standard InChI is InChI=1S/C16H20N2O2.C12H18ClNO.CH3Br/c1-12-17-18-15(20-12)16(19,13-8-4-2-5-9-13)14-10-6-3-7-11-14;1-10-4-5-11(8-12(10)13)9-15-7-6-14(2)3;1-2/h2,4-5,8-9,14,19H,3,6-7,10-11H2,1H3;4-5,8H,6-7,9H2,1-3H3;1H3. The molecule has 1 fully saturated rings. The largest absolute Gasteiger partial charge is 0.422 e. The second-order valence-electron chi connectivity index (χ2n) is 9.53. The van der Waals surface area contributed by atoms with Crippen LogP contribution in [0.4, 0.5) is 0 Å². The van der Waals surface area contributed by atoms with Gasteiger partial charge in [0.25, 0.3) is 5.89 Å². The number of rotatable bonds is 8. The number of alkyl halides is 1. The minimum absolute atomic E-state index is 0.137. The number of aromatic nitrogens is 2. The van der Waals surface area contributed by atoms with Crippen molar-refractivity contribution in [3.05, 3.63) is 82.0 Å². The zero-order chi connectivity index (χ0) is 27.3. The van der Waals surface area contributed by atoms with E-state index in [4.69, 9.17) is 20.8 Å². The van der Waals surface area contributed by atoms with Crippen molar-refractivity contribution in [3.8, 4) is 0 Å². The van der Waals surface area contributed by atoms with Crippen molar-refractivity contribution in [1.82, 2.24) is 15.1 Å². The summed E-state index contributed by atoms with van der Waals surface area (Å²) in [4.78, 5) is 2.10. The lowest BCUT2D eigenvalue weighted by Gasteiger charge is -2.36. The van der Waals surface area contributed by atoms with Gasteiger partial charge in [-0.3, -0.25) is 0 Å². The molecule has 0 bridgehead atoms. The van der Waals surface area contributed by atoms with E-state index in [-0.39, 0.29) is 5.92 Å². The number of benzene rings is 2. The molecule has 0 aliphatic heterocycles. The van der Waals surface area contributed by atoms with E-state index < -0.39 is 5.60 Å². The summed E-state index contributed by atoms with van der Waals surface area (Å²) >= 11 is 8.95. The summed E-state index contributed by atoms with van der Waals surface area (Å²) in [5.41, 5.74) is 1.91. The Morgan fingerprint density at radius 3 is 2.30 bits per heavy atom. The fraction of sp³-hybridized carbons (Fsp3) is 0.517. The van der Waals surface area contributed by atoms with E-state index in [2.05, 4.69) is 37.1 Å². The van der Waals surface area contributed by atoms with E-state index in [1.807, 2.05) is 69.3 Å². The van der Waals surface area contributed by atoms with Crippen molar-refractivity contribution in [2.24, 2.45) is 5.92 Å². The number of halogens is 2. The van der Waals surface area contributed by atoms with Crippen LogP contribution in [0.2, 0.25) is 5.02 Å². The van der Waals surface area contributed by atoms with E-state index >= 15 is 0 Å². The maximum absolute atomic E-state index is 11.4. The first-order chi connectivity index (χ1) is 17.8. The van der Waals surface area contributed by atoms with Crippen LogP contribution in [0, 0.1) is 19.8 Å². The summed E-state index contributed by atoms with van der Waals surface area (Å²) in [6.07, 6.45) is 5.52. The summed E-state index contributed by atoms with van der Waals surface area (Å²) in [7, 11) is 4.07. The molecule has 2 aromatic carbocycles. The monoisotopic (exact) mass is 593 g/mol. The number of aliphatic hydroxyl groups is 1. The summed E-state index contributed by atoms with van der Waals surface area (Å²) in [5.74, 6) is 2.77. The SMILES string of the molecule is CBr.Cc1ccc(COCCN(C)C)cc1Cl.Cc1nnc(C(O)(c2ccccc2)C2CCCCC2)o1. The molecule has 1 atom stereocenters. The first-order valence-electron chi connectivity index (χ1n) is 12.7. The van der Waals surface area contributed by atoms with Crippen LogP contribution in [0.5, 0.6) is 0 Å². The minimum atomic E-state index is -1.16. The molecule has 0 spiro atoms. The van der Waals surface area contributed by atoms with Gasteiger partial charge in [0.05, 0.1) is 13.2 Å². The zero-order valence-corrected chi connectivity index (χ0v) is 25.1. The Bertz CT molecular complexity index is 1040. The normalized spacial score (nSPS) is 15.3. The Morgan fingerprint density at radius 2 is 1.73 bits per heavy atom. The fourth-order valence-electron chi connectivity index (χ4n) is 4.36. The van der Waals surface area contributed by atoms with Crippen LogP contribution < -0.4 is 0 Å². The van der Waals surface area contributed by atoms with Gasteiger partial charge in [0.1, 0.15) is 0 Å². The van der Waals surface area contributed by atoms with Gasteiger partial charge in [-0.1, -0.05) is 89.3 Å². The summed E-state index contributed by atoms with van der Waals surface area (Å²) < 4.78 is 11.1. The molecule has 1 aliphatic rings. The second-order valence-corrected chi connectivity index (χ2v) is 9.94. The molecule has 1 aliphatic carbocycles. The van der Waals surface area contributed by atoms with Gasteiger partial charge in [-0.05, 0) is 62.5 Å². The third-order valence-corrected chi connectivity index (χ3v) is 6.86. The number of aryl methyl sites for hydroxylation is 2. The molecular weight excluding hydrogens is 554 g/mol. The first kappa shape index (κ1) is 31.4. The van der Waals surface area contributed by atoms with Gasteiger partial charge in [-0.2, -0.15) is 0 Å². The maximum Gasteiger partial charge on any atom is 0.252 e. The highest BCUT2D eigenvalue weighted by Crippen LogP contribution is 2.43. The van der Waals surface area contributed by atoms with Crippen molar-refractivity contribution >= 4 is 27.5 Å². The van der Waals surface area contributed by atoms with Gasteiger partial charge < -0.3 is 19.2 Å². The molecule has 0 amide bonds. The summed E-state index contributed by atoms with van der Waals surface area (Å²) in [6, 6.07) is 15.7. The molecule has 1 saturated carbocycles. The second kappa shape index (κ2) is 16.2. The van der Waals surface area contributed by atoms with Crippen LogP contribution in [0.15, 0.2) is 52.9 Å². The van der Waals surface area contributed by atoms with Crippen LogP contribution in [-0.4, -0.2) is 53.3 Å². The van der Waals surface area contributed by atoms with Crippen LogP contribution >= 0.6 is 27.5 Å². The molecule has 3 aromatic rings. The van der Waals surface area contributed by atoms with Crippen molar-refractivity contribution in [3.63, 3.8) is 0 Å². The van der Waals surface area contributed by atoms with E-state index in [0.29, 0.717) is 18.4 Å². The average Bonchev–Trinajstić information content (AvgIpc) is 3.37. The van der Waals surface area contributed by atoms with E-state index in [1.54, 1.807) is 6.92 Å². The predicted octanol–water partition coefficient (Wildman–Crippen LogP) is 6.93. The maximum atomic E-state index is 11.4. The Labute approximate surface area is 235 Å². The molecule has 4 rings (SSSR count). The van der Waals surface area contributed by atoms with Crippen LogP contribution in [0.3, 0.4) is 0 Å². The Morgan fingerprint density at radius 1 is 1.05 bits per heavy atom. The zero-order valence-electron chi connectivity index (χ0n) is 22.7. The van der Waals surface area contributed by atoms with Crippen molar-refractivity contribution in [2.75, 3.05) is 33.1 Å².